The monoisotopic (exact) mass is 280 g/mol. The van der Waals surface area contributed by atoms with Gasteiger partial charge in [0.2, 0.25) is 0 Å². The second-order valence-electron chi connectivity index (χ2n) is 4.97. The number of likely N-dealkylation sites (N-methyl/N-ethyl adjacent to an activating group) is 1. The zero-order chi connectivity index (χ0) is 14.4. The van der Waals surface area contributed by atoms with Gasteiger partial charge in [-0.1, -0.05) is 6.07 Å². The van der Waals surface area contributed by atoms with E-state index in [0.717, 1.165) is 44.3 Å². The minimum atomic E-state index is 0.272. The lowest BCUT2D eigenvalue weighted by molar-refractivity contribution is -0.0291. The molecule has 1 N–H and O–H groups in total. The predicted octanol–water partition coefficient (Wildman–Crippen LogP) is 1.12. The molecule has 1 aromatic carbocycles. The standard InChI is InChI=1S/C15H24N2O3/c1-16-9-13-11-17(6-7-20-13)10-12-4-5-14(18-2)15(8-12)19-3/h4-5,8,13,16H,6-7,9-11H2,1-3H3. The molecular weight excluding hydrogens is 256 g/mol. The van der Waals surface area contributed by atoms with Crippen molar-refractivity contribution in [1.29, 1.82) is 0 Å². The zero-order valence-electron chi connectivity index (χ0n) is 12.5. The molecule has 5 heteroatoms. The molecule has 20 heavy (non-hydrogen) atoms. The van der Waals surface area contributed by atoms with Crippen LogP contribution in [0.1, 0.15) is 5.56 Å². The van der Waals surface area contributed by atoms with Gasteiger partial charge in [-0.05, 0) is 24.7 Å². The molecule has 1 fully saturated rings. The third-order valence-corrected chi connectivity index (χ3v) is 3.51. The molecule has 1 atom stereocenters. The average molecular weight is 280 g/mol. The van der Waals surface area contributed by atoms with Crippen LogP contribution in [-0.2, 0) is 11.3 Å². The van der Waals surface area contributed by atoms with Crippen molar-refractivity contribution in [3.8, 4) is 11.5 Å². The Morgan fingerprint density at radius 3 is 2.80 bits per heavy atom. The first-order valence-electron chi connectivity index (χ1n) is 6.96. The van der Waals surface area contributed by atoms with Crippen LogP contribution in [-0.4, -0.2) is 58.5 Å². The SMILES string of the molecule is CNCC1CN(Cc2ccc(OC)c(OC)c2)CCO1. The fraction of sp³-hybridized carbons (Fsp3) is 0.600. The van der Waals surface area contributed by atoms with Gasteiger partial charge in [0.25, 0.3) is 0 Å². The largest absolute Gasteiger partial charge is 0.493 e. The summed E-state index contributed by atoms with van der Waals surface area (Å²) in [5.41, 5.74) is 1.23. The van der Waals surface area contributed by atoms with Crippen LogP contribution >= 0.6 is 0 Å². The maximum absolute atomic E-state index is 5.72. The van der Waals surface area contributed by atoms with E-state index in [4.69, 9.17) is 14.2 Å². The third-order valence-electron chi connectivity index (χ3n) is 3.51. The minimum absolute atomic E-state index is 0.272. The summed E-state index contributed by atoms with van der Waals surface area (Å²) >= 11 is 0. The van der Waals surface area contributed by atoms with E-state index in [0.29, 0.717) is 0 Å². The maximum atomic E-state index is 5.72. The molecule has 2 rings (SSSR count). The fourth-order valence-corrected chi connectivity index (χ4v) is 2.51. The molecule has 1 aliphatic rings. The number of rotatable bonds is 6. The van der Waals surface area contributed by atoms with E-state index in [9.17, 15) is 0 Å². The number of morpholine rings is 1. The first-order valence-corrected chi connectivity index (χ1v) is 6.96. The highest BCUT2D eigenvalue weighted by Crippen LogP contribution is 2.28. The normalized spacial score (nSPS) is 19.9. The topological polar surface area (TPSA) is 43.0 Å². The van der Waals surface area contributed by atoms with Crippen LogP contribution in [0.5, 0.6) is 11.5 Å². The molecule has 1 unspecified atom stereocenters. The molecule has 0 aliphatic carbocycles. The molecule has 1 aliphatic heterocycles. The maximum Gasteiger partial charge on any atom is 0.161 e. The van der Waals surface area contributed by atoms with Crippen molar-refractivity contribution >= 4 is 0 Å². The van der Waals surface area contributed by atoms with Crippen molar-refractivity contribution in [2.24, 2.45) is 0 Å². The van der Waals surface area contributed by atoms with E-state index in [2.05, 4.69) is 16.3 Å². The average Bonchev–Trinajstić information content (AvgIpc) is 2.48. The first-order chi connectivity index (χ1) is 9.76. The van der Waals surface area contributed by atoms with E-state index in [1.54, 1.807) is 14.2 Å². The van der Waals surface area contributed by atoms with Gasteiger partial charge in [0, 0.05) is 26.2 Å². The Morgan fingerprint density at radius 1 is 1.30 bits per heavy atom. The highest BCUT2D eigenvalue weighted by Gasteiger charge is 2.20. The van der Waals surface area contributed by atoms with Crippen molar-refractivity contribution in [1.82, 2.24) is 10.2 Å². The summed E-state index contributed by atoms with van der Waals surface area (Å²) in [6.45, 7) is 4.51. The van der Waals surface area contributed by atoms with E-state index in [-0.39, 0.29) is 6.10 Å². The molecule has 0 radical (unpaired) electrons. The number of ether oxygens (including phenoxy) is 3. The molecule has 5 nitrogen and oxygen atoms in total. The molecular formula is C15H24N2O3. The van der Waals surface area contributed by atoms with Crippen LogP contribution in [0.25, 0.3) is 0 Å². The quantitative estimate of drug-likeness (QED) is 0.846. The molecule has 0 saturated carbocycles. The van der Waals surface area contributed by atoms with E-state index < -0.39 is 0 Å². The lowest BCUT2D eigenvalue weighted by Gasteiger charge is -2.33. The van der Waals surface area contributed by atoms with Crippen LogP contribution in [0.4, 0.5) is 0 Å². The number of nitrogens with zero attached hydrogens (tertiary/aromatic N) is 1. The number of hydrogen-bond donors (Lipinski definition) is 1. The van der Waals surface area contributed by atoms with Crippen LogP contribution in [0.3, 0.4) is 0 Å². The molecule has 0 amide bonds. The number of methoxy groups -OCH3 is 2. The number of nitrogens with one attached hydrogen (secondary N) is 1. The highest BCUT2D eigenvalue weighted by molar-refractivity contribution is 5.42. The zero-order valence-corrected chi connectivity index (χ0v) is 12.5. The summed E-state index contributed by atoms with van der Waals surface area (Å²) in [6, 6.07) is 6.09. The van der Waals surface area contributed by atoms with Crippen molar-refractivity contribution in [3.63, 3.8) is 0 Å². The van der Waals surface area contributed by atoms with Crippen LogP contribution in [0, 0.1) is 0 Å². The first kappa shape index (κ1) is 15.1. The summed E-state index contributed by atoms with van der Waals surface area (Å²) in [7, 11) is 5.28. The Bertz CT molecular complexity index is 424. The van der Waals surface area contributed by atoms with Gasteiger partial charge < -0.3 is 19.5 Å². The number of benzene rings is 1. The minimum Gasteiger partial charge on any atom is -0.493 e. The van der Waals surface area contributed by atoms with Gasteiger partial charge in [-0.25, -0.2) is 0 Å². The van der Waals surface area contributed by atoms with Crippen LogP contribution in [0.15, 0.2) is 18.2 Å². The lowest BCUT2D eigenvalue weighted by Crippen LogP contribution is -2.45. The molecule has 112 valence electrons. The van der Waals surface area contributed by atoms with Crippen molar-refractivity contribution in [3.05, 3.63) is 23.8 Å². The highest BCUT2D eigenvalue weighted by atomic mass is 16.5. The molecule has 1 aromatic rings. The second kappa shape index (κ2) is 7.47. The summed E-state index contributed by atoms with van der Waals surface area (Å²) in [6.07, 6.45) is 0.272. The summed E-state index contributed by atoms with van der Waals surface area (Å²) in [5.74, 6) is 1.55. The van der Waals surface area contributed by atoms with Crippen molar-refractivity contribution in [2.45, 2.75) is 12.6 Å². The third kappa shape index (κ3) is 3.85. The molecule has 1 heterocycles. The lowest BCUT2D eigenvalue weighted by atomic mass is 10.1. The molecule has 0 spiro atoms. The van der Waals surface area contributed by atoms with Crippen molar-refractivity contribution < 1.29 is 14.2 Å². The van der Waals surface area contributed by atoms with E-state index >= 15 is 0 Å². The van der Waals surface area contributed by atoms with Gasteiger partial charge in [-0.15, -0.1) is 0 Å². The van der Waals surface area contributed by atoms with Crippen LogP contribution in [0.2, 0.25) is 0 Å². The number of hydrogen-bond acceptors (Lipinski definition) is 5. The second-order valence-corrected chi connectivity index (χ2v) is 4.97. The van der Waals surface area contributed by atoms with Gasteiger partial charge in [-0.3, -0.25) is 4.90 Å². The van der Waals surface area contributed by atoms with Gasteiger partial charge in [0.05, 0.1) is 26.9 Å². The smallest absolute Gasteiger partial charge is 0.161 e. The predicted molar refractivity (Wildman–Crippen MR) is 78.5 cm³/mol. The van der Waals surface area contributed by atoms with Crippen LogP contribution < -0.4 is 14.8 Å². The fourth-order valence-electron chi connectivity index (χ4n) is 2.51. The van der Waals surface area contributed by atoms with E-state index in [1.807, 2.05) is 19.2 Å². The van der Waals surface area contributed by atoms with Gasteiger partial charge in [0.15, 0.2) is 11.5 Å². The molecule has 1 saturated heterocycles. The molecule has 0 aromatic heterocycles. The Morgan fingerprint density at radius 2 is 2.10 bits per heavy atom. The Hall–Kier alpha value is -1.30. The van der Waals surface area contributed by atoms with Gasteiger partial charge in [-0.2, -0.15) is 0 Å². The molecule has 0 bridgehead atoms. The summed E-state index contributed by atoms with van der Waals surface area (Å²) in [4.78, 5) is 2.41. The van der Waals surface area contributed by atoms with E-state index in [1.165, 1.54) is 5.56 Å². The Kier molecular flexibility index (Phi) is 5.64. The Labute approximate surface area is 120 Å². The summed E-state index contributed by atoms with van der Waals surface area (Å²) in [5, 5.41) is 3.17. The van der Waals surface area contributed by atoms with Gasteiger partial charge >= 0.3 is 0 Å². The summed E-state index contributed by atoms with van der Waals surface area (Å²) < 4.78 is 16.3. The Balaban J connectivity index is 1.98. The van der Waals surface area contributed by atoms with Crippen molar-refractivity contribution in [2.75, 3.05) is 47.5 Å². The van der Waals surface area contributed by atoms with Gasteiger partial charge in [0.1, 0.15) is 0 Å².